The number of nitrogens with two attached hydrogens (primary N) is 1. The van der Waals surface area contributed by atoms with E-state index in [0.717, 1.165) is 39.1 Å². The first-order valence-corrected chi connectivity index (χ1v) is 7.45. The molecule has 0 bridgehead atoms. The van der Waals surface area contributed by atoms with Crippen LogP contribution in [0.5, 0.6) is 0 Å². The van der Waals surface area contributed by atoms with Gasteiger partial charge < -0.3 is 15.4 Å². The van der Waals surface area contributed by atoms with Gasteiger partial charge in [-0.15, -0.1) is 0 Å². The topological polar surface area (TPSA) is 41.7 Å². The van der Waals surface area contributed by atoms with Crippen molar-refractivity contribution >= 4 is 0 Å². The van der Waals surface area contributed by atoms with Crippen LogP contribution in [0, 0.1) is 0 Å². The number of nitrogens with zero attached hydrogens (tertiary/aromatic N) is 2. The van der Waals surface area contributed by atoms with Gasteiger partial charge in [0.05, 0.1) is 0 Å². The summed E-state index contributed by atoms with van der Waals surface area (Å²) in [6, 6.07) is 0.686. The summed E-state index contributed by atoms with van der Waals surface area (Å²) >= 11 is 0. The van der Waals surface area contributed by atoms with E-state index in [2.05, 4.69) is 23.8 Å². The highest BCUT2D eigenvalue weighted by Crippen LogP contribution is 2.29. The van der Waals surface area contributed by atoms with E-state index in [0.29, 0.717) is 6.04 Å². The maximum atomic E-state index is 6.15. The molecule has 2 saturated heterocycles. The zero-order chi connectivity index (χ0) is 13.0. The number of rotatable bonds is 3. The van der Waals surface area contributed by atoms with E-state index in [9.17, 15) is 0 Å². The molecule has 0 aromatic heterocycles. The van der Waals surface area contributed by atoms with Crippen LogP contribution in [-0.2, 0) is 4.74 Å². The van der Waals surface area contributed by atoms with Gasteiger partial charge in [-0.05, 0) is 32.7 Å². The molecule has 2 unspecified atom stereocenters. The Morgan fingerprint density at radius 2 is 2.11 bits per heavy atom. The van der Waals surface area contributed by atoms with Gasteiger partial charge in [-0.1, -0.05) is 6.92 Å². The Balaban J connectivity index is 2.06. The van der Waals surface area contributed by atoms with Crippen LogP contribution in [0.2, 0.25) is 0 Å². The minimum Gasteiger partial charge on any atom is -0.381 e. The molecule has 4 heteroatoms. The molecular weight excluding hydrogens is 226 g/mol. The van der Waals surface area contributed by atoms with Gasteiger partial charge in [-0.25, -0.2) is 0 Å². The Morgan fingerprint density at radius 1 is 1.28 bits per heavy atom. The van der Waals surface area contributed by atoms with Crippen LogP contribution in [0.4, 0.5) is 0 Å². The second kappa shape index (κ2) is 6.33. The molecule has 0 aromatic carbocycles. The summed E-state index contributed by atoms with van der Waals surface area (Å²) in [6.45, 7) is 8.34. The fraction of sp³-hybridized carbons (Fsp3) is 1.00. The van der Waals surface area contributed by atoms with Crippen LogP contribution in [0.3, 0.4) is 0 Å². The average Bonchev–Trinajstić information content (AvgIpc) is 2.65. The molecule has 0 spiro atoms. The van der Waals surface area contributed by atoms with E-state index >= 15 is 0 Å². The average molecular weight is 255 g/mol. The van der Waals surface area contributed by atoms with Crippen LogP contribution >= 0.6 is 0 Å². The van der Waals surface area contributed by atoms with E-state index in [1.807, 2.05) is 0 Å². The number of hydrogen-bond donors (Lipinski definition) is 1. The van der Waals surface area contributed by atoms with Crippen LogP contribution in [-0.4, -0.2) is 67.8 Å². The molecule has 0 aliphatic carbocycles. The molecule has 2 aliphatic rings. The first-order chi connectivity index (χ1) is 8.72. The first kappa shape index (κ1) is 14.3. The number of hydrogen-bond acceptors (Lipinski definition) is 4. The van der Waals surface area contributed by atoms with E-state index in [-0.39, 0.29) is 5.54 Å². The molecule has 0 amide bonds. The fourth-order valence-corrected chi connectivity index (χ4v) is 3.46. The summed E-state index contributed by atoms with van der Waals surface area (Å²) in [6.07, 6.45) is 4.68. The molecule has 18 heavy (non-hydrogen) atoms. The largest absolute Gasteiger partial charge is 0.381 e. The predicted molar refractivity (Wildman–Crippen MR) is 74.7 cm³/mol. The molecule has 2 fully saturated rings. The zero-order valence-corrected chi connectivity index (χ0v) is 12.0. The molecule has 0 aromatic rings. The molecular formula is C14H29N3O. The van der Waals surface area contributed by atoms with Gasteiger partial charge in [0.1, 0.15) is 0 Å². The molecule has 2 heterocycles. The highest BCUT2D eigenvalue weighted by molar-refractivity contribution is 4.96. The Kier molecular flexibility index (Phi) is 5.01. The van der Waals surface area contributed by atoms with Gasteiger partial charge in [-0.3, -0.25) is 4.90 Å². The Hall–Kier alpha value is -0.160. The summed E-state index contributed by atoms with van der Waals surface area (Å²) in [5.41, 5.74) is 6.35. The van der Waals surface area contributed by atoms with Crippen molar-refractivity contribution in [2.75, 3.05) is 46.4 Å². The summed E-state index contributed by atoms with van der Waals surface area (Å²) in [4.78, 5) is 5.16. The van der Waals surface area contributed by atoms with Gasteiger partial charge in [-0.2, -0.15) is 0 Å². The lowest BCUT2D eigenvalue weighted by atomic mass is 9.87. The molecule has 0 saturated carbocycles. The van der Waals surface area contributed by atoms with Crippen LogP contribution in [0.1, 0.15) is 32.6 Å². The molecule has 2 aliphatic heterocycles. The van der Waals surface area contributed by atoms with E-state index in [1.165, 1.54) is 25.9 Å². The van der Waals surface area contributed by atoms with Gasteiger partial charge in [0.15, 0.2) is 0 Å². The van der Waals surface area contributed by atoms with Crippen molar-refractivity contribution in [2.45, 2.75) is 44.2 Å². The standard InChI is InChI=1S/C14H29N3O/c1-3-13-11-17(8-7-16(13)2)14(12-15)5-4-9-18-10-6-14/h13H,3-12,15H2,1-2H3. The Labute approximate surface area is 111 Å². The van der Waals surface area contributed by atoms with Gasteiger partial charge in [0, 0.05) is 51.0 Å². The molecule has 4 nitrogen and oxygen atoms in total. The van der Waals surface area contributed by atoms with Crippen molar-refractivity contribution in [1.82, 2.24) is 9.80 Å². The third-order valence-electron chi connectivity index (χ3n) is 4.94. The van der Waals surface area contributed by atoms with Crippen molar-refractivity contribution in [3.8, 4) is 0 Å². The third-order valence-corrected chi connectivity index (χ3v) is 4.94. The van der Waals surface area contributed by atoms with Crippen molar-refractivity contribution < 1.29 is 4.74 Å². The molecule has 0 radical (unpaired) electrons. The van der Waals surface area contributed by atoms with Gasteiger partial charge in [0.25, 0.3) is 0 Å². The number of piperazine rings is 1. The molecule has 2 rings (SSSR count). The lowest BCUT2D eigenvalue weighted by Gasteiger charge is -2.49. The molecule has 2 N–H and O–H groups in total. The van der Waals surface area contributed by atoms with E-state index in [4.69, 9.17) is 10.5 Å². The number of likely N-dealkylation sites (N-methyl/N-ethyl adjacent to an activating group) is 1. The lowest BCUT2D eigenvalue weighted by Crippen LogP contribution is -2.62. The highest BCUT2D eigenvalue weighted by Gasteiger charge is 2.39. The minimum absolute atomic E-state index is 0.200. The monoisotopic (exact) mass is 255 g/mol. The van der Waals surface area contributed by atoms with Crippen LogP contribution < -0.4 is 5.73 Å². The summed E-state index contributed by atoms with van der Waals surface area (Å²) in [5, 5.41) is 0. The van der Waals surface area contributed by atoms with Crippen molar-refractivity contribution in [1.29, 1.82) is 0 Å². The lowest BCUT2D eigenvalue weighted by molar-refractivity contribution is 0.000884. The third kappa shape index (κ3) is 2.87. The van der Waals surface area contributed by atoms with Crippen molar-refractivity contribution in [2.24, 2.45) is 5.73 Å². The quantitative estimate of drug-likeness (QED) is 0.814. The minimum atomic E-state index is 0.200. The number of ether oxygens (including phenoxy) is 1. The van der Waals surface area contributed by atoms with Crippen molar-refractivity contribution in [3.05, 3.63) is 0 Å². The SMILES string of the molecule is CCC1CN(C2(CN)CCCOCC2)CCN1C. The summed E-state index contributed by atoms with van der Waals surface area (Å²) in [5.74, 6) is 0. The first-order valence-electron chi connectivity index (χ1n) is 7.45. The van der Waals surface area contributed by atoms with E-state index in [1.54, 1.807) is 0 Å². The van der Waals surface area contributed by atoms with Gasteiger partial charge >= 0.3 is 0 Å². The maximum absolute atomic E-state index is 6.15. The Morgan fingerprint density at radius 3 is 2.83 bits per heavy atom. The molecule has 106 valence electrons. The second-order valence-electron chi connectivity index (χ2n) is 5.88. The van der Waals surface area contributed by atoms with Crippen molar-refractivity contribution in [3.63, 3.8) is 0 Å². The normalized spacial score (nSPS) is 36.5. The highest BCUT2D eigenvalue weighted by atomic mass is 16.5. The van der Waals surface area contributed by atoms with Crippen LogP contribution in [0.15, 0.2) is 0 Å². The smallest absolute Gasteiger partial charge is 0.0484 e. The summed E-state index contributed by atoms with van der Waals surface area (Å²) < 4.78 is 5.62. The zero-order valence-electron chi connectivity index (χ0n) is 12.0. The predicted octanol–water partition coefficient (Wildman–Crippen LogP) is 0.910. The molecule has 2 atom stereocenters. The second-order valence-corrected chi connectivity index (χ2v) is 5.88. The summed E-state index contributed by atoms with van der Waals surface area (Å²) in [7, 11) is 2.25. The fourth-order valence-electron chi connectivity index (χ4n) is 3.46. The Bertz CT molecular complexity index is 251. The van der Waals surface area contributed by atoms with E-state index < -0.39 is 0 Å². The van der Waals surface area contributed by atoms with Crippen LogP contribution in [0.25, 0.3) is 0 Å². The maximum Gasteiger partial charge on any atom is 0.0484 e. The van der Waals surface area contributed by atoms with Gasteiger partial charge in [0.2, 0.25) is 0 Å².